The van der Waals surface area contributed by atoms with E-state index < -0.39 is 23.5 Å². The highest BCUT2D eigenvalue weighted by Gasteiger charge is 2.11. The van der Waals surface area contributed by atoms with Crippen molar-refractivity contribution in [2.24, 2.45) is 5.73 Å². The Morgan fingerprint density at radius 2 is 2.27 bits per heavy atom. The second kappa shape index (κ2) is 4.60. The Morgan fingerprint density at radius 1 is 1.60 bits per heavy atom. The van der Waals surface area contributed by atoms with E-state index >= 15 is 0 Å². The Morgan fingerprint density at radius 3 is 2.73 bits per heavy atom. The largest absolute Gasteiger partial charge is 0.480 e. The molecule has 8 nitrogen and oxygen atoms in total. The van der Waals surface area contributed by atoms with Crippen molar-refractivity contribution in [1.29, 1.82) is 0 Å². The highest BCUT2D eigenvalue weighted by molar-refractivity contribution is 5.72. The Bertz CT molecular complexity index is 442. The number of aliphatic carboxylic acids is 1. The topological polar surface area (TPSA) is 131 Å². The normalized spacial score (nSPS) is 12.6. The average Bonchev–Trinajstić information content (AvgIpc) is 2.45. The van der Waals surface area contributed by atoms with Gasteiger partial charge in [-0.25, -0.2) is 14.6 Å². The second-order valence-corrected chi connectivity index (χ2v) is 3.00. The average molecular weight is 217 g/mol. The molecule has 0 fully saturated rings. The molecule has 1 heterocycles. The number of hydrogen-bond donors (Lipinski definition) is 3. The standard InChI is InChI=1S/C7H11N3O5/c8-4(5(11)12)2-1-3-10-6(13)9-7(14)15-10/h4H,1-3,8H2,(H,11,12)(H,9,13,14)/t4-/m0/s1. The zero-order valence-electron chi connectivity index (χ0n) is 7.80. The molecular weight excluding hydrogens is 206 g/mol. The third-order valence-electron chi connectivity index (χ3n) is 1.82. The van der Waals surface area contributed by atoms with Gasteiger partial charge in [0.05, 0.1) is 6.54 Å². The van der Waals surface area contributed by atoms with Crippen molar-refractivity contribution in [2.45, 2.75) is 25.4 Å². The minimum absolute atomic E-state index is 0.124. The first-order chi connectivity index (χ1) is 7.00. The van der Waals surface area contributed by atoms with Crippen molar-refractivity contribution in [1.82, 2.24) is 9.72 Å². The number of nitrogens with zero attached hydrogens (tertiary/aromatic N) is 1. The van der Waals surface area contributed by atoms with Crippen LogP contribution in [-0.4, -0.2) is 26.8 Å². The maximum Gasteiger partial charge on any atom is 0.440 e. The highest BCUT2D eigenvalue weighted by Crippen LogP contribution is 1.96. The molecule has 84 valence electrons. The summed E-state index contributed by atoms with van der Waals surface area (Å²) in [5.74, 6) is -1.93. The lowest BCUT2D eigenvalue weighted by Gasteiger charge is -2.04. The molecule has 0 aliphatic heterocycles. The fourth-order valence-corrected chi connectivity index (χ4v) is 1.04. The van der Waals surface area contributed by atoms with Crippen LogP contribution in [0.4, 0.5) is 0 Å². The van der Waals surface area contributed by atoms with Gasteiger partial charge in [-0.3, -0.25) is 4.79 Å². The maximum atomic E-state index is 10.9. The maximum absolute atomic E-state index is 10.9. The number of carboxylic acids is 1. The first-order valence-corrected chi connectivity index (χ1v) is 4.29. The summed E-state index contributed by atoms with van der Waals surface area (Å²) in [7, 11) is 0. The Labute approximate surface area is 83.3 Å². The van der Waals surface area contributed by atoms with Crippen LogP contribution >= 0.6 is 0 Å². The lowest BCUT2D eigenvalue weighted by Crippen LogP contribution is -2.30. The lowest BCUT2D eigenvalue weighted by atomic mass is 10.2. The highest BCUT2D eigenvalue weighted by atomic mass is 16.5. The summed E-state index contributed by atoms with van der Waals surface area (Å²) < 4.78 is 5.29. The van der Waals surface area contributed by atoms with E-state index in [0.29, 0.717) is 6.42 Å². The molecule has 8 heteroatoms. The number of nitrogens with two attached hydrogens (primary N) is 1. The molecule has 1 atom stereocenters. The van der Waals surface area contributed by atoms with Crippen molar-refractivity contribution in [3.8, 4) is 0 Å². The van der Waals surface area contributed by atoms with E-state index in [1.54, 1.807) is 0 Å². The van der Waals surface area contributed by atoms with Crippen LogP contribution in [0, 0.1) is 0 Å². The van der Waals surface area contributed by atoms with E-state index in [-0.39, 0.29) is 13.0 Å². The molecule has 0 radical (unpaired) electrons. The molecule has 0 bridgehead atoms. The SMILES string of the molecule is N[C@@H](CCCn1oc(=O)[nH]c1=O)C(=O)O. The summed E-state index contributed by atoms with van der Waals surface area (Å²) in [4.78, 5) is 33.7. The van der Waals surface area contributed by atoms with Gasteiger partial charge < -0.3 is 15.4 Å². The molecule has 1 rings (SSSR count). The number of hydrogen-bond acceptors (Lipinski definition) is 5. The van der Waals surface area contributed by atoms with Crippen molar-refractivity contribution >= 4 is 5.97 Å². The van der Waals surface area contributed by atoms with E-state index in [9.17, 15) is 14.4 Å². The molecule has 4 N–H and O–H groups in total. The molecule has 0 aliphatic carbocycles. The number of H-pyrrole nitrogens is 1. The third-order valence-corrected chi connectivity index (χ3v) is 1.82. The fraction of sp³-hybridized carbons (Fsp3) is 0.571. The Balaban J connectivity index is 2.45. The smallest absolute Gasteiger partial charge is 0.440 e. The number of aromatic amines is 1. The van der Waals surface area contributed by atoms with Crippen LogP contribution in [0.2, 0.25) is 0 Å². The zero-order chi connectivity index (χ0) is 11.4. The zero-order valence-corrected chi connectivity index (χ0v) is 7.80. The predicted octanol–water partition coefficient (Wildman–Crippen LogP) is -1.68. The summed E-state index contributed by atoms with van der Waals surface area (Å²) in [6, 6.07) is -0.966. The number of carbonyl (C=O) groups is 1. The summed E-state index contributed by atoms with van der Waals surface area (Å²) in [5, 5.41) is 8.46. The van der Waals surface area contributed by atoms with Crippen molar-refractivity contribution in [3.63, 3.8) is 0 Å². The summed E-state index contributed by atoms with van der Waals surface area (Å²) in [6.07, 6.45) is 0.546. The second-order valence-electron chi connectivity index (χ2n) is 3.00. The molecule has 0 spiro atoms. The van der Waals surface area contributed by atoms with Gasteiger partial charge in [0.2, 0.25) is 0 Å². The molecule has 1 aromatic rings. The Hall–Kier alpha value is -1.83. The molecule has 0 aliphatic rings. The lowest BCUT2D eigenvalue weighted by molar-refractivity contribution is -0.138. The molecule has 15 heavy (non-hydrogen) atoms. The van der Waals surface area contributed by atoms with Gasteiger partial charge in [-0.2, -0.15) is 4.74 Å². The predicted molar refractivity (Wildman–Crippen MR) is 48.4 cm³/mol. The minimum atomic E-state index is -1.10. The van der Waals surface area contributed by atoms with Crippen LogP contribution in [0.1, 0.15) is 12.8 Å². The monoisotopic (exact) mass is 217 g/mol. The van der Waals surface area contributed by atoms with Gasteiger partial charge in [-0.15, -0.1) is 0 Å². The van der Waals surface area contributed by atoms with Gasteiger partial charge in [0.1, 0.15) is 6.04 Å². The van der Waals surface area contributed by atoms with Gasteiger partial charge in [-0.1, -0.05) is 0 Å². The Kier molecular flexibility index (Phi) is 3.45. The molecular formula is C7H11N3O5. The number of carboxylic acid groups (broad SMARTS) is 1. The van der Waals surface area contributed by atoms with Crippen LogP contribution in [0.3, 0.4) is 0 Å². The van der Waals surface area contributed by atoms with E-state index in [2.05, 4.69) is 4.52 Å². The molecule has 0 unspecified atom stereocenters. The molecule has 0 amide bonds. The minimum Gasteiger partial charge on any atom is -0.480 e. The van der Waals surface area contributed by atoms with Crippen LogP contribution in [0.15, 0.2) is 14.1 Å². The summed E-state index contributed by atoms with van der Waals surface area (Å²) in [5.41, 5.74) is 4.59. The number of rotatable bonds is 5. The van der Waals surface area contributed by atoms with Crippen LogP contribution in [0.5, 0.6) is 0 Å². The van der Waals surface area contributed by atoms with Gasteiger partial charge in [0, 0.05) is 0 Å². The molecule has 0 saturated heterocycles. The van der Waals surface area contributed by atoms with Gasteiger partial charge in [0.25, 0.3) is 0 Å². The van der Waals surface area contributed by atoms with Crippen molar-refractivity contribution in [2.75, 3.05) is 0 Å². The van der Waals surface area contributed by atoms with E-state index in [1.165, 1.54) is 0 Å². The number of aromatic nitrogens is 2. The summed E-state index contributed by atoms with van der Waals surface area (Å²) in [6.45, 7) is 0.124. The molecule has 1 aromatic heterocycles. The van der Waals surface area contributed by atoms with Crippen LogP contribution < -0.4 is 17.2 Å². The first kappa shape index (κ1) is 11.2. The van der Waals surface area contributed by atoms with Crippen LogP contribution in [-0.2, 0) is 11.3 Å². The molecule has 0 aromatic carbocycles. The fourth-order valence-electron chi connectivity index (χ4n) is 1.04. The van der Waals surface area contributed by atoms with Gasteiger partial charge >= 0.3 is 17.4 Å². The van der Waals surface area contributed by atoms with Crippen LogP contribution in [0.25, 0.3) is 0 Å². The van der Waals surface area contributed by atoms with Crippen molar-refractivity contribution in [3.05, 3.63) is 21.0 Å². The van der Waals surface area contributed by atoms with E-state index in [1.807, 2.05) is 4.98 Å². The van der Waals surface area contributed by atoms with E-state index in [0.717, 1.165) is 4.74 Å². The first-order valence-electron chi connectivity index (χ1n) is 4.29. The third kappa shape index (κ3) is 3.09. The van der Waals surface area contributed by atoms with Gasteiger partial charge in [0.15, 0.2) is 0 Å². The number of aryl methyl sites for hydroxylation is 1. The quantitative estimate of drug-likeness (QED) is 0.539. The summed E-state index contributed by atoms with van der Waals surface area (Å²) >= 11 is 0. The van der Waals surface area contributed by atoms with Crippen molar-refractivity contribution < 1.29 is 14.4 Å². The van der Waals surface area contributed by atoms with E-state index in [4.69, 9.17) is 10.8 Å². The number of nitrogens with one attached hydrogen (secondary N) is 1. The molecule has 0 saturated carbocycles. The van der Waals surface area contributed by atoms with Gasteiger partial charge in [-0.05, 0) is 12.8 Å².